The van der Waals surface area contributed by atoms with Crippen molar-refractivity contribution in [2.45, 2.75) is 26.7 Å². The number of halogens is 1. The molecule has 3 aromatic heterocycles. The fraction of sp³-hybridized carbons (Fsp3) is 0.133. The van der Waals surface area contributed by atoms with Crippen LogP contribution in [-0.2, 0) is 0 Å². The van der Waals surface area contributed by atoms with Crippen molar-refractivity contribution in [1.82, 2.24) is 9.97 Å². The van der Waals surface area contributed by atoms with Crippen LogP contribution in [0.25, 0.3) is 33.1 Å². The number of aromatic amines is 2. The third-order valence-electron chi connectivity index (χ3n) is 6.83. The first-order valence-electron chi connectivity index (χ1n) is 11.5. The van der Waals surface area contributed by atoms with E-state index in [0.717, 1.165) is 50.1 Å². The smallest absolute Gasteiger partial charge is 0.134 e. The fourth-order valence-electron chi connectivity index (χ4n) is 5.18. The molecule has 2 N–H and O–H groups in total. The molecule has 3 nitrogen and oxygen atoms in total. The van der Waals surface area contributed by atoms with Gasteiger partial charge in [0.25, 0.3) is 0 Å². The van der Waals surface area contributed by atoms with Crippen LogP contribution < -0.4 is 0 Å². The van der Waals surface area contributed by atoms with Crippen LogP contribution in [0.15, 0.2) is 83.3 Å². The van der Waals surface area contributed by atoms with Crippen molar-refractivity contribution in [1.29, 1.82) is 0 Å². The van der Waals surface area contributed by atoms with Crippen LogP contribution in [0, 0.1) is 20.8 Å². The predicted octanol–water partition coefficient (Wildman–Crippen LogP) is 8.67. The van der Waals surface area contributed by atoms with Crippen molar-refractivity contribution < 1.29 is 4.42 Å². The van der Waals surface area contributed by atoms with E-state index in [9.17, 15) is 0 Å². The van der Waals surface area contributed by atoms with E-state index in [4.69, 9.17) is 16.0 Å². The number of aromatic nitrogens is 2. The maximum Gasteiger partial charge on any atom is 0.134 e. The second-order valence-corrected chi connectivity index (χ2v) is 9.42. The summed E-state index contributed by atoms with van der Waals surface area (Å²) in [5.74, 6) is 1.66. The lowest BCUT2D eigenvalue weighted by molar-refractivity contribution is 0.516. The molecule has 3 heterocycles. The highest BCUT2D eigenvalue weighted by Gasteiger charge is 2.29. The van der Waals surface area contributed by atoms with E-state index >= 15 is 0 Å². The molecule has 0 aliphatic carbocycles. The zero-order valence-electron chi connectivity index (χ0n) is 19.4. The summed E-state index contributed by atoms with van der Waals surface area (Å²) in [4.78, 5) is 7.18. The molecule has 168 valence electrons. The van der Waals surface area contributed by atoms with E-state index in [2.05, 4.69) is 90.5 Å². The largest absolute Gasteiger partial charge is 0.460 e. The summed E-state index contributed by atoms with van der Waals surface area (Å²) < 4.78 is 6.60. The molecular formula is C30H25ClN2O. The topological polar surface area (TPSA) is 44.7 Å². The zero-order valence-corrected chi connectivity index (χ0v) is 20.1. The van der Waals surface area contributed by atoms with E-state index in [-0.39, 0.29) is 5.92 Å². The van der Waals surface area contributed by atoms with E-state index < -0.39 is 0 Å². The van der Waals surface area contributed by atoms with Crippen LogP contribution >= 0.6 is 11.6 Å². The predicted molar refractivity (Wildman–Crippen MR) is 141 cm³/mol. The fourth-order valence-corrected chi connectivity index (χ4v) is 5.36. The third kappa shape index (κ3) is 3.27. The van der Waals surface area contributed by atoms with Crippen LogP contribution in [0.1, 0.15) is 39.8 Å². The number of furan rings is 1. The Balaban J connectivity index is 1.61. The first kappa shape index (κ1) is 20.9. The van der Waals surface area contributed by atoms with Gasteiger partial charge in [0.05, 0.1) is 5.92 Å². The van der Waals surface area contributed by atoms with Crippen molar-refractivity contribution >= 4 is 33.4 Å². The molecule has 0 saturated carbocycles. The highest BCUT2D eigenvalue weighted by atomic mass is 35.5. The van der Waals surface area contributed by atoms with Gasteiger partial charge in [-0.05, 0) is 67.8 Å². The molecular weight excluding hydrogens is 440 g/mol. The Kier molecular flexibility index (Phi) is 4.89. The highest BCUT2D eigenvalue weighted by molar-refractivity contribution is 6.31. The first-order chi connectivity index (χ1) is 16.5. The van der Waals surface area contributed by atoms with Gasteiger partial charge in [-0.3, -0.25) is 0 Å². The van der Waals surface area contributed by atoms with E-state index in [1.54, 1.807) is 0 Å². The van der Waals surface area contributed by atoms with Gasteiger partial charge in [-0.1, -0.05) is 60.1 Å². The van der Waals surface area contributed by atoms with Crippen LogP contribution in [0.3, 0.4) is 0 Å². The minimum atomic E-state index is -0.0676. The third-order valence-corrected chi connectivity index (χ3v) is 7.24. The SMILES string of the molecule is Cc1ccc(-c2ccc(C(c3c(C)[nH]c4ccccc34)c3c(C)[nH]c4ccccc34)o2)cc1Cl. The molecule has 6 aromatic rings. The van der Waals surface area contributed by atoms with Gasteiger partial charge >= 0.3 is 0 Å². The van der Waals surface area contributed by atoms with Crippen molar-refractivity contribution in [3.05, 3.63) is 118 Å². The second kappa shape index (κ2) is 7.96. The molecule has 0 fully saturated rings. The Bertz CT molecular complexity index is 1590. The molecule has 0 saturated heterocycles. The number of hydrogen-bond donors (Lipinski definition) is 2. The summed E-state index contributed by atoms with van der Waals surface area (Å²) in [6, 6.07) is 27.2. The van der Waals surface area contributed by atoms with Gasteiger partial charge in [0.1, 0.15) is 11.5 Å². The van der Waals surface area contributed by atoms with Crippen LogP contribution in [0.5, 0.6) is 0 Å². The Morgan fingerprint density at radius 3 is 1.88 bits per heavy atom. The molecule has 0 unspecified atom stereocenters. The van der Waals surface area contributed by atoms with Crippen molar-refractivity contribution in [2.75, 3.05) is 0 Å². The highest BCUT2D eigenvalue weighted by Crippen LogP contribution is 2.44. The number of para-hydroxylation sites is 2. The maximum atomic E-state index is 6.60. The van der Waals surface area contributed by atoms with Crippen LogP contribution in [0.4, 0.5) is 0 Å². The Morgan fingerprint density at radius 1 is 0.706 bits per heavy atom. The summed E-state index contributed by atoms with van der Waals surface area (Å²) in [6.45, 7) is 6.31. The number of rotatable bonds is 4. The monoisotopic (exact) mass is 464 g/mol. The number of nitrogens with one attached hydrogen (secondary N) is 2. The van der Waals surface area contributed by atoms with E-state index in [1.165, 1.54) is 21.9 Å². The standard InChI is InChI=1S/C30H25ClN2O/c1-17-12-13-20(16-23(17)31)26-14-15-27(34-26)30(28-18(2)32-24-10-6-4-8-21(24)28)29-19(3)33-25-11-7-5-9-22(25)29/h4-16,30,32-33H,1-3H3. The molecule has 0 bridgehead atoms. The molecule has 0 amide bonds. The lowest BCUT2D eigenvalue weighted by Gasteiger charge is -2.17. The van der Waals surface area contributed by atoms with Crippen LogP contribution in [-0.4, -0.2) is 9.97 Å². The van der Waals surface area contributed by atoms with Crippen molar-refractivity contribution in [3.63, 3.8) is 0 Å². The first-order valence-corrected chi connectivity index (χ1v) is 11.9. The maximum absolute atomic E-state index is 6.60. The van der Waals surface area contributed by atoms with Gasteiger partial charge in [-0.15, -0.1) is 0 Å². The Morgan fingerprint density at radius 2 is 1.29 bits per heavy atom. The lowest BCUT2D eigenvalue weighted by Crippen LogP contribution is -2.05. The average Bonchev–Trinajstić information content (AvgIpc) is 3.53. The van der Waals surface area contributed by atoms with Crippen molar-refractivity contribution in [3.8, 4) is 11.3 Å². The quantitative estimate of drug-likeness (QED) is 0.269. The minimum Gasteiger partial charge on any atom is -0.460 e. The number of benzene rings is 3. The van der Waals surface area contributed by atoms with Gasteiger partial charge in [0, 0.05) is 43.8 Å². The number of fused-ring (bicyclic) bond motifs is 2. The van der Waals surface area contributed by atoms with Gasteiger partial charge in [0.2, 0.25) is 0 Å². The van der Waals surface area contributed by atoms with Crippen molar-refractivity contribution in [2.24, 2.45) is 0 Å². The van der Waals surface area contributed by atoms with Crippen LogP contribution in [0.2, 0.25) is 5.02 Å². The lowest BCUT2D eigenvalue weighted by atomic mass is 9.85. The molecule has 0 aliphatic rings. The van der Waals surface area contributed by atoms with Gasteiger partial charge < -0.3 is 14.4 Å². The zero-order chi connectivity index (χ0) is 23.4. The number of H-pyrrole nitrogens is 2. The minimum absolute atomic E-state index is 0.0676. The summed E-state index contributed by atoms with van der Waals surface area (Å²) >= 11 is 6.42. The van der Waals surface area contributed by atoms with E-state index in [0.29, 0.717) is 0 Å². The second-order valence-electron chi connectivity index (χ2n) is 9.02. The molecule has 0 radical (unpaired) electrons. The molecule has 6 rings (SSSR count). The number of hydrogen-bond acceptors (Lipinski definition) is 1. The Labute approximate surface area is 203 Å². The summed E-state index contributed by atoms with van der Waals surface area (Å²) in [6.07, 6.45) is 0. The summed E-state index contributed by atoms with van der Waals surface area (Å²) in [5.41, 5.74) is 9.08. The molecule has 0 atom stereocenters. The normalized spacial score (nSPS) is 11.8. The average molecular weight is 465 g/mol. The Hall–Kier alpha value is -3.69. The van der Waals surface area contributed by atoms with Gasteiger partial charge in [-0.25, -0.2) is 0 Å². The van der Waals surface area contributed by atoms with E-state index in [1.807, 2.05) is 19.1 Å². The molecule has 4 heteroatoms. The summed E-state index contributed by atoms with van der Waals surface area (Å²) in [5, 5.41) is 3.17. The number of aryl methyl sites for hydroxylation is 3. The molecule has 0 aliphatic heterocycles. The van der Waals surface area contributed by atoms with Gasteiger partial charge in [-0.2, -0.15) is 0 Å². The summed E-state index contributed by atoms with van der Waals surface area (Å²) in [7, 11) is 0. The molecule has 34 heavy (non-hydrogen) atoms. The molecule has 3 aromatic carbocycles. The molecule has 0 spiro atoms. The van der Waals surface area contributed by atoms with Gasteiger partial charge in [0.15, 0.2) is 0 Å².